The minimum atomic E-state index is -4.35. The van der Waals surface area contributed by atoms with E-state index in [2.05, 4.69) is 9.72 Å². The first-order valence-electron chi connectivity index (χ1n) is 5.54. The number of esters is 1. The van der Waals surface area contributed by atoms with E-state index in [4.69, 9.17) is 4.74 Å². The van der Waals surface area contributed by atoms with Gasteiger partial charge in [-0.25, -0.2) is 9.78 Å². The van der Waals surface area contributed by atoms with Gasteiger partial charge in [-0.05, 0) is 6.07 Å². The summed E-state index contributed by atoms with van der Waals surface area (Å²) in [4.78, 5) is 15.3. The highest BCUT2D eigenvalue weighted by atomic mass is 19.4. The number of fused-ring (bicyclic) bond motifs is 1. The van der Waals surface area contributed by atoms with Crippen LogP contribution in [0.3, 0.4) is 0 Å². The topological polar surface area (TPSA) is 52.8 Å². The number of imidazole rings is 1. The Labute approximate surface area is 111 Å². The standard InChI is InChI=1S/C12H11F3N2O3/c1-19-9-3-7(11(18)20-2)5-17-6-8(16-10(9)17)4-12(13,14)15/h3,5-6H,4H2,1-2H3. The number of halogens is 3. The first-order chi connectivity index (χ1) is 9.34. The van der Waals surface area contributed by atoms with Crippen LogP contribution in [0, 0.1) is 0 Å². The summed E-state index contributed by atoms with van der Waals surface area (Å²) in [5.41, 5.74) is 0.213. The fourth-order valence-electron chi connectivity index (χ4n) is 1.79. The second-order valence-corrected chi connectivity index (χ2v) is 4.04. The number of pyridine rings is 1. The lowest BCUT2D eigenvalue weighted by molar-refractivity contribution is -0.127. The predicted octanol–water partition coefficient (Wildman–Crippen LogP) is 2.23. The number of nitrogens with zero attached hydrogens (tertiary/aromatic N) is 2. The van der Waals surface area contributed by atoms with Crippen molar-refractivity contribution in [1.29, 1.82) is 0 Å². The van der Waals surface area contributed by atoms with Crippen LogP contribution in [0.2, 0.25) is 0 Å². The summed E-state index contributed by atoms with van der Waals surface area (Å²) in [7, 11) is 2.55. The molecular weight excluding hydrogens is 277 g/mol. The van der Waals surface area contributed by atoms with Crippen molar-refractivity contribution < 1.29 is 27.4 Å². The lowest BCUT2D eigenvalue weighted by Crippen LogP contribution is -2.11. The van der Waals surface area contributed by atoms with Crippen molar-refractivity contribution in [2.24, 2.45) is 0 Å². The smallest absolute Gasteiger partial charge is 0.394 e. The van der Waals surface area contributed by atoms with Crippen LogP contribution in [0.1, 0.15) is 16.1 Å². The first kappa shape index (κ1) is 14.2. The van der Waals surface area contributed by atoms with Gasteiger partial charge in [0.1, 0.15) is 0 Å². The Hall–Kier alpha value is -2.25. The number of rotatable bonds is 3. The number of methoxy groups -OCH3 is 2. The molecule has 0 atom stereocenters. The second-order valence-electron chi connectivity index (χ2n) is 4.04. The second kappa shape index (κ2) is 5.03. The number of carbonyl (C=O) groups is 1. The van der Waals surface area contributed by atoms with Gasteiger partial charge in [0, 0.05) is 12.4 Å². The van der Waals surface area contributed by atoms with E-state index in [1.165, 1.54) is 37.1 Å². The summed E-state index contributed by atoms with van der Waals surface area (Å²) in [5, 5.41) is 0. The number of aromatic nitrogens is 2. The van der Waals surface area contributed by atoms with Gasteiger partial charge in [-0.3, -0.25) is 0 Å². The van der Waals surface area contributed by atoms with Gasteiger partial charge in [-0.15, -0.1) is 0 Å². The molecule has 0 aliphatic heterocycles. The first-order valence-corrected chi connectivity index (χ1v) is 5.54. The molecule has 0 amide bonds. The summed E-state index contributed by atoms with van der Waals surface area (Å²) in [6, 6.07) is 1.37. The van der Waals surface area contributed by atoms with E-state index < -0.39 is 18.6 Å². The van der Waals surface area contributed by atoms with Crippen molar-refractivity contribution in [2.75, 3.05) is 14.2 Å². The molecule has 0 spiro atoms. The van der Waals surface area contributed by atoms with E-state index in [9.17, 15) is 18.0 Å². The van der Waals surface area contributed by atoms with Gasteiger partial charge in [0.05, 0.1) is 31.9 Å². The van der Waals surface area contributed by atoms with Crippen LogP contribution in [-0.4, -0.2) is 35.7 Å². The molecule has 108 valence electrons. The molecule has 5 nitrogen and oxygen atoms in total. The molecule has 0 unspecified atom stereocenters. The van der Waals surface area contributed by atoms with Crippen LogP contribution >= 0.6 is 0 Å². The monoisotopic (exact) mass is 288 g/mol. The van der Waals surface area contributed by atoms with E-state index in [0.29, 0.717) is 0 Å². The minimum Gasteiger partial charge on any atom is -0.493 e. The molecule has 0 saturated carbocycles. The van der Waals surface area contributed by atoms with E-state index in [1.54, 1.807) is 0 Å². The maximum Gasteiger partial charge on any atom is 0.394 e. The van der Waals surface area contributed by atoms with Crippen LogP contribution in [0.25, 0.3) is 5.65 Å². The van der Waals surface area contributed by atoms with Crippen molar-refractivity contribution in [3.63, 3.8) is 0 Å². The van der Waals surface area contributed by atoms with Gasteiger partial charge in [0.2, 0.25) is 0 Å². The number of carbonyl (C=O) groups excluding carboxylic acids is 1. The predicted molar refractivity (Wildman–Crippen MR) is 62.8 cm³/mol. The van der Waals surface area contributed by atoms with E-state index >= 15 is 0 Å². The summed E-state index contributed by atoms with van der Waals surface area (Å²) in [6.45, 7) is 0. The molecule has 0 saturated heterocycles. The Morgan fingerprint density at radius 1 is 1.35 bits per heavy atom. The Morgan fingerprint density at radius 3 is 2.60 bits per heavy atom. The van der Waals surface area contributed by atoms with Crippen molar-refractivity contribution in [1.82, 2.24) is 9.38 Å². The van der Waals surface area contributed by atoms with Crippen molar-refractivity contribution in [3.05, 3.63) is 29.7 Å². The van der Waals surface area contributed by atoms with Crippen LogP contribution in [0.5, 0.6) is 5.75 Å². The molecule has 0 aliphatic carbocycles. The molecule has 2 aromatic rings. The average molecular weight is 288 g/mol. The van der Waals surface area contributed by atoms with E-state index in [-0.39, 0.29) is 22.7 Å². The Balaban J connectivity index is 2.52. The third-order valence-electron chi connectivity index (χ3n) is 2.59. The van der Waals surface area contributed by atoms with Crippen LogP contribution < -0.4 is 4.74 Å². The zero-order valence-electron chi connectivity index (χ0n) is 10.7. The lowest BCUT2D eigenvalue weighted by Gasteiger charge is -2.05. The van der Waals surface area contributed by atoms with Crippen LogP contribution in [0.15, 0.2) is 18.5 Å². The highest BCUT2D eigenvalue weighted by Gasteiger charge is 2.29. The highest BCUT2D eigenvalue weighted by Crippen LogP contribution is 2.25. The largest absolute Gasteiger partial charge is 0.493 e. The Bertz CT molecular complexity index is 649. The van der Waals surface area contributed by atoms with Gasteiger partial charge in [0.25, 0.3) is 0 Å². The molecule has 20 heavy (non-hydrogen) atoms. The lowest BCUT2D eigenvalue weighted by atomic mass is 10.2. The molecule has 0 aliphatic rings. The van der Waals surface area contributed by atoms with Gasteiger partial charge in [-0.2, -0.15) is 13.2 Å². The molecule has 0 radical (unpaired) electrons. The maximum absolute atomic E-state index is 12.4. The van der Waals surface area contributed by atoms with Crippen LogP contribution in [-0.2, 0) is 11.2 Å². The van der Waals surface area contributed by atoms with Crippen molar-refractivity contribution in [3.8, 4) is 5.75 Å². The fourth-order valence-corrected chi connectivity index (χ4v) is 1.79. The molecular formula is C12H11F3N2O3. The van der Waals surface area contributed by atoms with Gasteiger partial charge >= 0.3 is 12.1 Å². The summed E-state index contributed by atoms with van der Waals surface area (Å²) < 4.78 is 48.0. The quantitative estimate of drug-likeness (QED) is 0.813. The molecule has 2 heterocycles. The minimum absolute atomic E-state index is 0.155. The third-order valence-corrected chi connectivity index (χ3v) is 2.59. The van der Waals surface area contributed by atoms with Gasteiger partial charge in [-0.1, -0.05) is 0 Å². The number of alkyl halides is 3. The maximum atomic E-state index is 12.4. The van der Waals surface area contributed by atoms with E-state index in [1.807, 2.05) is 0 Å². The van der Waals surface area contributed by atoms with Gasteiger partial charge in [0.15, 0.2) is 11.4 Å². The highest BCUT2D eigenvalue weighted by molar-refractivity contribution is 5.90. The molecule has 0 N–H and O–H groups in total. The van der Waals surface area contributed by atoms with Crippen molar-refractivity contribution >= 4 is 11.6 Å². The molecule has 0 bridgehead atoms. The Kier molecular flexibility index (Phi) is 3.56. The third kappa shape index (κ3) is 2.84. The molecule has 0 fully saturated rings. The van der Waals surface area contributed by atoms with Crippen LogP contribution in [0.4, 0.5) is 13.2 Å². The molecule has 0 aromatic carbocycles. The molecule has 2 aromatic heterocycles. The van der Waals surface area contributed by atoms with Gasteiger partial charge < -0.3 is 13.9 Å². The summed E-state index contributed by atoms with van der Waals surface area (Å²) >= 11 is 0. The number of ether oxygens (including phenoxy) is 2. The normalized spacial score (nSPS) is 11.7. The number of hydrogen-bond acceptors (Lipinski definition) is 4. The SMILES string of the molecule is COC(=O)c1cc(OC)c2nc(CC(F)(F)F)cn2c1. The Morgan fingerprint density at radius 2 is 2.05 bits per heavy atom. The zero-order chi connectivity index (χ0) is 14.9. The zero-order valence-corrected chi connectivity index (χ0v) is 10.7. The average Bonchev–Trinajstić information content (AvgIpc) is 2.76. The summed E-state index contributed by atoms with van der Waals surface area (Å²) in [5.74, 6) is -0.419. The summed E-state index contributed by atoms with van der Waals surface area (Å²) in [6.07, 6.45) is -2.95. The van der Waals surface area contributed by atoms with Crippen molar-refractivity contribution in [2.45, 2.75) is 12.6 Å². The fraction of sp³-hybridized carbons (Fsp3) is 0.333. The molecule has 2 rings (SSSR count). The molecule has 8 heteroatoms. The van der Waals surface area contributed by atoms with E-state index in [0.717, 1.165) is 0 Å². The number of hydrogen-bond donors (Lipinski definition) is 0.